The minimum absolute atomic E-state index is 0.0188. The highest BCUT2D eigenvalue weighted by atomic mass is 16.6. The second-order valence-electron chi connectivity index (χ2n) is 9.07. The van der Waals surface area contributed by atoms with Crippen molar-refractivity contribution in [1.82, 2.24) is 0 Å². The van der Waals surface area contributed by atoms with Gasteiger partial charge in [-0.2, -0.15) is 0 Å². The van der Waals surface area contributed by atoms with Gasteiger partial charge in [0.05, 0.1) is 12.0 Å². The molecule has 0 unspecified atom stereocenters. The summed E-state index contributed by atoms with van der Waals surface area (Å²) < 4.78 is 16.4. The van der Waals surface area contributed by atoms with Crippen LogP contribution in [0, 0.1) is 5.92 Å². The van der Waals surface area contributed by atoms with E-state index in [2.05, 4.69) is 0 Å². The van der Waals surface area contributed by atoms with Crippen LogP contribution >= 0.6 is 0 Å². The second-order valence-corrected chi connectivity index (χ2v) is 9.07. The van der Waals surface area contributed by atoms with E-state index in [1.165, 1.54) is 13.8 Å². The van der Waals surface area contributed by atoms with Crippen molar-refractivity contribution in [3.8, 4) is 0 Å². The Morgan fingerprint density at radius 1 is 1.23 bits per heavy atom. The second kappa shape index (κ2) is 7.54. The Bertz CT molecular complexity index is 832. The van der Waals surface area contributed by atoms with Crippen LogP contribution in [0.1, 0.15) is 53.9 Å². The summed E-state index contributed by atoms with van der Waals surface area (Å²) in [5.74, 6) is -3.60. The largest absolute Gasteiger partial charge is 0.459 e. The summed E-state index contributed by atoms with van der Waals surface area (Å²) in [5.41, 5.74) is -6.15. The Kier molecular flexibility index (Phi) is 5.75. The third-order valence-electron chi connectivity index (χ3n) is 6.83. The molecule has 1 saturated carbocycles. The van der Waals surface area contributed by atoms with E-state index < -0.39 is 65.0 Å². The highest BCUT2D eigenvalue weighted by Gasteiger charge is 2.75. The fraction of sp³-hybridized carbons (Fsp3) is 0.762. The summed E-state index contributed by atoms with van der Waals surface area (Å²) in [7, 11) is 0. The molecule has 0 radical (unpaired) electrons. The van der Waals surface area contributed by atoms with E-state index in [0.29, 0.717) is 6.42 Å². The fourth-order valence-corrected chi connectivity index (χ4v) is 5.25. The Labute approximate surface area is 179 Å². The lowest BCUT2D eigenvalue weighted by atomic mass is 9.75. The fourth-order valence-electron chi connectivity index (χ4n) is 5.25. The van der Waals surface area contributed by atoms with E-state index in [1.54, 1.807) is 6.92 Å². The molecule has 3 aliphatic rings. The minimum Gasteiger partial charge on any atom is -0.459 e. The molecule has 0 bridgehead atoms. The molecule has 0 amide bonds. The molecule has 3 rings (SSSR count). The molecular weight excluding hydrogens is 412 g/mol. The van der Waals surface area contributed by atoms with Crippen molar-refractivity contribution in [1.29, 1.82) is 0 Å². The average molecular weight is 442 g/mol. The molecule has 174 valence electrons. The number of rotatable bonds is 4. The Morgan fingerprint density at radius 2 is 1.84 bits per heavy atom. The molecule has 4 N–H and O–H groups in total. The molecule has 1 heterocycles. The van der Waals surface area contributed by atoms with Gasteiger partial charge in [0.1, 0.15) is 17.8 Å². The van der Waals surface area contributed by atoms with Gasteiger partial charge in [0, 0.05) is 19.8 Å². The third-order valence-corrected chi connectivity index (χ3v) is 6.83. The van der Waals surface area contributed by atoms with Crippen LogP contribution in [0.4, 0.5) is 0 Å². The molecule has 0 aromatic carbocycles. The van der Waals surface area contributed by atoms with Crippen molar-refractivity contribution >= 4 is 17.9 Å². The van der Waals surface area contributed by atoms with Gasteiger partial charge in [0.2, 0.25) is 0 Å². The minimum atomic E-state index is -2.48. The van der Waals surface area contributed by atoms with E-state index >= 15 is 0 Å². The maximum absolute atomic E-state index is 12.5. The van der Waals surface area contributed by atoms with Crippen LogP contribution in [-0.4, -0.2) is 79.6 Å². The molecule has 0 spiro atoms. The molecule has 1 aliphatic heterocycles. The number of carbonyl (C=O) groups excluding carboxylic acids is 3. The molecule has 8 atom stereocenters. The first-order chi connectivity index (χ1) is 14.2. The molecule has 10 heteroatoms. The third kappa shape index (κ3) is 3.27. The smallest absolute Gasteiger partial charge is 0.341 e. The zero-order chi connectivity index (χ0) is 23.5. The number of carbonyl (C=O) groups is 3. The van der Waals surface area contributed by atoms with Gasteiger partial charge in [0.15, 0.2) is 17.3 Å². The van der Waals surface area contributed by atoms with Gasteiger partial charge in [0.25, 0.3) is 0 Å². The van der Waals surface area contributed by atoms with E-state index in [1.807, 2.05) is 0 Å². The summed E-state index contributed by atoms with van der Waals surface area (Å²) in [4.78, 5) is 36.8. The zero-order valence-corrected chi connectivity index (χ0v) is 18.2. The van der Waals surface area contributed by atoms with Gasteiger partial charge in [-0.25, -0.2) is 4.79 Å². The van der Waals surface area contributed by atoms with Crippen LogP contribution in [0.3, 0.4) is 0 Å². The van der Waals surface area contributed by atoms with Crippen molar-refractivity contribution in [3.05, 3.63) is 11.1 Å². The lowest BCUT2D eigenvalue weighted by Crippen LogP contribution is -2.64. The maximum Gasteiger partial charge on any atom is 0.341 e. The Balaban J connectivity index is 2.25. The van der Waals surface area contributed by atoms with Gasteiger partial charge in [-0.05, 0) is 38.3 Å². The van der Waals surface area contributed by atoms with E-state index in [4.69, 9.17) is 14.2 Å². The number of hydrogen-bond donors (Lipinski definition) is 4. The van der Waals surface area contributed by atoms with E-state index in [0.717, 1.165) is 13.8 Å². The zero-order valence-electron chi connectivity index (χ0n) is 18.2. The van der Waals surface area contributed by atoms with Crippen molar-refractivity contribution in [2.75, 3.05) is 0 Å². The van der Waals surface area contributed by atoms with E-state index in [-0.39, 0.29) is 24.0 Å². The van der Waals surface area contributed by atoms with Crippen molar-refractivity contribution < 1.29 is 49.0 Å². The number of fused-ring (bicyclic) bond motifs is 3. The van der Waals surface area contributed by atoms with Crippen molar-refractivity contribution in [2.24, 2.45) is 5.92 Å². The predicted molar refractivity (Wildman–Crippen MR) is 103 cm³/mol. The maximum atomic E-state index is 12.5. The van der Waals surface area contributed by atoms with Gasteiger partial charge >= 0.3 is 17.9 Å². The molecule has 2 aliphatic carbocycles. The molecule has 0 aromatic rings. The Morgan fingerprint density at radius 3 is 2.39 bits per heavy atom. The van der Waals surface area contributed by atoms with Gasteiger partial charge in [-0.1, -0.05) is 6.92 Å². The summed E-state index contributed by atoms with van der Waals surface area (Å²) in [5, 5.41) is 44.1. The van der Waals surface area contributed by atoms with Crippen LogP contribution in [0.2, 0.25) is 0 Å². The SMILES string of the molecule is CCCC(=O)O[C@H]1C[C@](C)(OC(C)=O)[C@@H]2C(=C(C)[C@H](O)[C@H]2O)[C@@H]2OC(=O)[C@@](C)(O)[C@@]12O. The van der Waals surface area contributed by atoms with Crippen LogP contribution in [0.15, 0.2) is 11.1 Å². The average Bonchev–Trinajstić information content (AvgIpc) is 2.94. The summed E-state index contributed by atoms with van der Waals surface area (Å²) >= 11 is 0. The molecule has 1 saturated heterocycles. The van der Waals surface area contributed by atoms with Crippen LogP contribution in [0.25, 0.3) is 0 Å². The molecule has 2 fully saturated rings. The highest BCUT2D eigenvalue weighted by molar-refractivity contribution is 5.85. The first-order valence-electron chi connectivity index (χ1n) is 10.3. The van der Waals surface area contributed by atoms with Crippen molar-refractivity contribution in [3.63, 3.8) is 0 Å². The lowest BCUT2D eigenvalue weighted by Gasteiger charge is -2.41. The standard InChI is InChI=1S/C21H30O10/c1-6-7-12(23)29-11-8-19(4,31-10(3)22)14-13(9(2)15(24)16(14)25)17-21(11,28)20(5,27)18(26)30-17/h11,14-17,24-25,27-28H,6-8H2,1-5H3/t11-,14+,15-,16-,17-,19-,20+,21+/m0/s1. The monoisotopic (exact) mass is 442 g/mol. The number of esters is 3. The van der Waals surface area contributed by atoms with Gasteiger partial charge in [-0.3, -0.25) is 9.59 Å². The summed E-state index contributed by atoms with van der Waals surface area (Å²) in [6.45, 7) is 6.94. The molecule has 0 aromatic heterocycles. The summed E-state index contributed by atoms with van der Waals surface area (Å²) in [6.07, 6.45) is -5.75. The van der Waals surface area contributed by atoms with E-state index in [9.17, 15) is 34.8 Å². The van der Waals surface area contributed by atoms with Gasteiger partial charge in [-0.15, -0.1) is 0 Å². The number of aliphatic hydroxyl groups is 4. The first kappa shape index (κ1) is 23.6. The number of hydrogen-bond acceptors (Lipinski definition) is 10. The first-order valence-corrected chi connectivity index (χ1v) is 10.3. The van der Waals surface area contributed by atoms with Gasteiger partial charge < -0.3 is 34.6 Å². The highest BCUT2D eigenvalue weighted by Crippen LogP contribution is 2.56. The molecular formula is C21H30O10. The quantitative estimate of drug-likeness (QED) is 0.254. The van der Waals surface area contributed by atoms with Crippen LogP contribution in [-0.2, 0) is 28.6 Å². The lowest BCUT2D eigenvalue weighted by molar-refractivity contribution is -0.211. The van der Waals surface area contributed by atoms with Crippen molar-refractivity contribution in [2.45, 2.75) is 95.1 Å². The predicted octanol–water partition coefficient (Wildman–Crippen LogP) is -0.501. The molecule has 10 nitrogen and oxygen atoms in total. The molecule has 31 heavy (non-hydrogen) atoms. The topological polar surface area (TPSA) is 160 Å². The number of aliphatic hydroxyl groups excluding tert-OH is 2. The van der Waals surface area contributed by atoms with Crippen LogP contribution in [0.5, 0.6) is 0 Å². The summed E-state index contributed by atoms with van der Waals surface area (Å²) in [6, 6.07) is 0. The van der Waals surface area contributed by atoms with Crippen LogP contribution < -0.4 is 0 Å². The Hall–Kier alpha value is -2.01. The number of ether oxygens (including phenoxy) is 3. The normalized spacial score (nSPS) is 44.3.